The van der Waals surface area contributed by atoms with Crippen molar-refractivity contribution in [2.24, 2.45) is 17.8 Å². The third kappa shape index (κ3) is 3.99. The zero-order chi connectivity index (χ0) is 31.0. The first kappa shape index (κ1) is 29.3. The van der Waals surface area contributed by atoms with E-state index in [1.165, 1.54) is 38.3 Å². The molecule has 2 heterocycles. The summed E-state index contributed by atoms with van der Waals surface area (Å²) in [6.45, 7) is 0.152. The van der Waals surface area contributed by atoms with Crippen LogP contribution in [0.2, 0.25) is 0 Å². The smallest absolute Gasteiger partial charge is 0.253 e. The van der Waals surface area contributed by atoms with Gasteiger partial charge in [0.15, 0.2) is 21.2 Å². The molecule has 2 N–H and O–H groups in total. The molecule has 4 aliphatic rings. The maximum absolute atomic E-state index is 14.0. The van der Waals surface area contributed by atoms with Crippen LogP contribution in [0.3, 0.4) is 0 Å². The number of fused-ring (bicyclic) bond motifs is 4. The topological polar surface area (TPSA) is 134 Å². The number of phenolic OH excluding ortho intramolecular Hbond substituents is 2. The molecule has 2 aromatic carbocycles. The van der Waals surface area contributed by atoms with E-state index in [-0.39, 0.29) is 54.2 Å². The number of nitrogens with zero attached hydrogens (tertiary/aromatic N) is 2. The number of aromatic hydroxyl groups is 2. The van der Waals surface area contributed by atoms with Crippen molar-refractivity contribution in [2.45, 2.75) is 34.9 Å². The average molecular weight is 629 g/mol. The molecular weight excluding hydrogens is 599 g/mol. The molecule has 2 aliphatic carbocycles. The van der Waals surface area contributed by atoms with Gasteiger partial charge in [0.05, 0.1) is 26.1 Å². The maximum Gasteiger partial charge on any atom is 0.253 e. The molecule has 12 heteroatoms. The molecule has 226 valence electrons. The Balaban J connectivity index is 1.44. The van der Waals surface area contributed by atoms with Crippen molar-refractivity contribution in [2.75, 3.05) is 27.8 Å². The zero-order valence-corrected chi connectivity index (χ0v) is 25.2. The Labute approximate surface area is 257 Å². The van der Waals surface area contributed by atoms with Gasteiger partial charge < -0.3 is 19.7 Å². The summed E-state index contributed by atoms with van der Waals surface area (Å²) >= 11 is 14.4. The number of phenols is 2. The molecule has 2 aromatic rings. The molecule has 0 bridgehead atoms. The van der Waals surface area contributed by atoms with Crippen LogP contribution in [-0.2, 0) is 25.6 Å². The lowest BCUT2D eigenvalue weighted by Crippen LogP contribution is -2.60. The Morgan fingerprint density at radius 3 is 2.16 bits per heavy atom. The number of carbonyl (C=O) groups is 4. The van der Waals surface area contributed by atoms with Gasteiger partial charge >= 0.3 is 0 Å². The van der Waals surface area contributed by atoms with Gasteiger partial charge in [-0.05, 0) is 60.6 Å². The quantitative estimate of drug-likeness (QED) is 0.283. The molecule has 0 radical (unpaired) electrons. The van der Waals surface area contributed by atoms with E-state index < -0.39 is 45.2 Å². The number of halogens is 2. The highest BCUT2D eigenvalue weighted by atomic mass is 35.5. The fraction of sp³-hybridized carbons (Fsp3) is 0.419. The predicted octanol–water partition coefficient (Wildman–Crippen LogP) is 3.35. The van der Waals surface area contributed by atoms with Crippen molar-refractivity contribution < 1.29 is 38.9 Å². The minimum absolute atomic E-state index is 0.0591. The highest BCUT2D eigenvalue weighted by Gasteiger charge is 2.75. The van der Waals surface area contributed by atoms with Crippen LogP contribution in [-0.4, -0.2) is 81.2 Å². The number of allylic oxidation sites excluding steroid dienone is 2. The van der Waals surface area contributed by atoms with Crippen LogP contribution in [0.4, 0.5) is 0 Å². The lowest BCUT2D eigenvalue weighted by Gasteiger charge is -2.50. The molecule has 2 saturated heterocycles. The van der Waals surface area contributed by atoms with E-state index in [0.29, 0.717) is 17.6 Å². The highest BCUT2D eigenvalue weighted by molar-refractivity contribution is 6.53. The van der Waals surface area contributed by atoms with Crippen LogP contribution < -0.4 is 9.47 Å². The number of likely N-dealkylation sites (tertiary alicyclic amines) is 2. The molecule has 0 aromatic heterocycles. The van der Waals surface area contributed by atoms with E-state index in [0.717, 1.165) is 10.5 Å². The summed E-state index contributed by atoms with van der Waals surface area (Å²) in [5.74, 6) is -5.19. The summed E-state index contributed by atoms with van der Waals surface area (Å²) in [5, 5.41) is 20.2. The number of hydrogen-bond donors (Lipinski definition) is 2. The second-order valence-electron chi connectivity index (χ2n) is 11.5. The van der Waals surface area contributed by atoms with E-state index in [2.05, 4.69) is 0 Å². The van der Waals surface area contributed by atoms with Gasteiger partial charge in [0, 0.05) is 19.5 Å². The molecule has 6 rings (SSSR count). The molecule has 0 unspecified atom stereocenters. The first-order chi connectivity index (χ1) is 20.4. The fourth-order valence-corrected chi connectivity index (χ4v) is 8.41. The van der Waals surface area contributed by atoms with E-state index >= 15 is 0 Å². The molecule has 4 amide bonds. The number of methoxy groups -OCH3 is 2. The normalized spacial score (nSPS) is 31.5. The Morgan fingerprint density at radius 1 is 0.930 bits per heavy atom. The van der Waals surface area contributed by atoms with Gasteiger partial charge in [-0.2, -0.15) is 0 Å². The summed E-state index contributed by atoms with van der Waals surface area (Å²) in [4.78, 5) is 53.2. The van der Waals surface area contributed by atoms with Gasteiger partial charge in [-0.1, -0.05) is 23.8 Å². The van der Waals surface area contributed by atoms with Crippen molar-refractivity contribution >= 4 is 46.8 Å². The largest absolute Gasteiger partial charge is 0.508 e. The molecule has 10 nitrogen and oxygen atoms in total. The van der Waals surface area contributed by atoms with Crippen molar-refractivity contribution in [3.8, 4) is 23.0 Å². The van der Waals surface area contributed by atoms with Gasteiger partial charge in [-0.15, -0.1) is 23.2 Å². The predicted molar refractivity (Wildman–Crippen MR) is 155 cm³/mol. The molecular formula is C31H30Cl2N2O8. The van der Waals surface area contributed by atoms with Crippen LogP contribution in [0.5, 0.6) is 23.0 Å². The summed E-state index contributed by atoms with van der Waals surface area (Å²) in [6.07, 6.45) is 2.36. The number of benzene rings is 2. The van der Waals surface area contributed by atoms with Gasteiger partial charge in [0.2, 0.25) is 17.6 Å². The lowest BCUT2D eigenvalue weighted by atomic mass is 9.56. The number of alkyl halides is 2. The van der Waals surface area contributed by atoms with E-state index in [1.807, 2.05) is 6.08 Å². The SMILES string of the molecule is COc1cc([C@H]2C3=CC[C@@H]4C(=O)N(CCc5ccc(O)cc5)C(=O)[C@@H]4[C@@H]3C[C@@]3(Cl)C(=O)N(C)C(=O)[C@@]23Cl)cc(OC)c1O. The Hall–Kier alpha value is -3.76. The molecule has 0 spiro atoms. The minimum Gasteiger partial charge on any atom is -0.508 e. The first-order valence-electron chi connectivity index (χ1n) is 13.9. The van der Waals surface area contributed by atoms with Gasteiger partial charge in [-0.3, -0.25) is 29.0 Å². The molecule has 3 fully saturated rings. The third-order valence-corrected chi connectivity index (χ3v) is 10.9. The molecule has 2 aliphatic heterocycles. The van der Waals surface area contributed by atoms with Crippen LogP contribution in [0.25, 0.3) is 0 Å². The van der Waals surface area contributed by atoms with E-state index in [4.69, 9.17) is 32.7 Å². The minimum atomic E-state index is -1.97. The van der Waals surface area contributed by atoms with Crippen LogP contribution >= 0.6 is 23.2 Å². The number of rotatable bonds is 6. The molecule has 1 saturated carbocycles. The lowest BCUT2D eigenvalue weighted by molar-refractivity contribution is -0.141. The van der Waals surface area contributed by atoms with Crippen molar-refractivity contribution in [3.63, 3.8) is 0 Å². The summed E-state index contributed by atoms with van der Waals surface area (Å²) in [7, 11) is 4.05. The number of ether oxygens (including phenoxy) is 2. The van der Waals surface area contributed by atoms with Crippen molar-refractivity contribution in [1.29, 1.82) is 0 Å². The second kappa shape index (κ2) is 10.2. The Kier molecular flexibility index (Phi) is 6.93. The van der Waals surface area contributed by atoms with Crippen molar-refractivity contribution in [3.05, 3.63) is 59.2 Å². The summed E-state index contributed by atoms with van der Waals surface area (Å²) < 4.78 is 10.7. The standard InChI is InChI=1S/C31H30Cl2N2O8/c1-34-28(40)30(32)14-20-18(24(31(30,33)29(34)41)16-12-21(42-2)25(37)22(13-16)43-3)8-9-19-23(20)27(39)35(26(19)38)11-10-15-4-6-17(36)7-5-15/h4-8,12-13,19-20,23-24,36-37H,9-11,14H2,1-3H3/t19-,20+,23-,24-,30+,31-/m0/s1. The Bertz CT molecular complexity index is 1570. The van der Waals surface area contributed by atoms with Gasteiger partial charge in [0.25, 0.3) is 11.8 Å². The van der Waals surface area contributed by atoms with Gasteiger partial charge in [-0.25, -0.2) is 0 Å². The van der Waals surface area contributed by atoms with Gasteiger partial charge in [0.1, 0.15) is 5.75 Å². The summed E-state index contributed by atoms with van der Waals surface area (Å²) in [5.41, 5.74) is 1.88. The monoisotopic (exact) mass is 628 g/mol. The average Bonchev–Trinajstić information content (AvgIpc) is 3.31. The highest BCUT2D eigenvalue weighted by Crippen LogP contribution is 2.65. The third-order valence-electron chi connectivity index (χ3n) is 9.50. The van der Waals surface area contributed by atoms with Crippen LogP contribution in [0.1, 0.15) is 29.9 Å². The van der Waals surface area contributed by atoms with E-state index in [1.54, 1.807) is 24.3 Å². The number of hydrogen-bond acceptors (Lipinski definition) is 8. The van der Waals surface area contributed by atoms with Crippen LogP contribution in [0.15, 0.2) is 48.0 Å². The number of carbonyl (C=O) groups excluding carboxylic acids is 4. The number of amides is 4. The van der Waals surface area contributed by atoms with Crippen LogP contribution in [0, 0.1) is 17.8 Å². The zero-order valence-electron chi connectivity index (χ0n) is 23.7. The first-order valence-corrected chi connectivity index (χ1v) is 14.6. The maximum atomic E-state index is 14.0. The second-order valence-corrected chi connectivity index (χ2v) is 12.8. The summed E-state index contributed by atoms with van der Waals surface area (Å²) in [6, 6.07) is 9.58. The van der Waals surface area contributed by atoms with E-state index in [9.17, 15) is 29.4 Å². The molecule has 43 heavy (non-hydrogen) atoms. The van der Waals surface area contributed by atoms with Crippen molar-refractivity contribution in [1.82, 2.24) is 9.80 Å². The fourth-order valence-electron chi connectivity index (χ4n) is 7.39. The Morgan fingerprint density at radius 2 is 1.56 bits per heavy atom. The molecule has 6 atom stereocenters. The number of imide groups is 2.